The fourth-order valence-electron chi connectivity index (χ4n) is 3.94. The Bertz CT molecular complexity index is 1510. The minimum atomic E-state index is -0.479. The van der Waals surface area contributed by atoms with E-state index in [-0.39, 0.29) is 17.5 Å². The highest BCUT2D eigenvalue weighted by Crippen LogP contribution is 2.41. The minimum Gasteiger partial charge on any atom is -0.453 e. The summed E-state index contributed by atoms with van der Waals surface area (Å²) in [5.74, 6) is 0.667. The van der Waals surface area contributed by atoms with Crippen LogP contribution < -0.4 is 21.3 Å². The normalized spacial score (nSPS) is 11.9. The molecule has 0 bridgehead atoms. The van der Waals surface area contributed by atoms with Crippen molar-refractivity contribution in [2.24, 2.45) is 0 Å². The Morgan fingerprint density at radius 3 is 2.41 bits per heavy atom. The molecule has 0 saturated carbocycles. The Balaban J connectivity index is 1.59. The fraction of sp³-hybridized carbons (Fsp3) is 0.290. The first-order valence-electron chi connectivity index (χ1n) is 13.3. The molecule has 1 atom stereocenters. The van der Waals surface area contributed by atoms with E-state index in [0.29, 0.717) is 18.1 Å². The molecular weight excluding hydrogens is 536 g/mol. The van der Waals surface area contributed by atoms with Gasteiger partial charge in [-0.3, -0.25) is 0 Å². The molecule has 0 spiro atoms. The number of hydrogen-bond acceptors (Lipinski definition) is 7. The Labute approximate surface area is 244 Å². The zero-order valence-electron chi connectivity index (χ0n) is 24.2. The lowest BCUT2D eigenvalue weighted by Gasteiger charge is -2.14. The highest BCUT2D eigenvalue weighted by atomic mass is 32.1. The molecule has 0 radical (unpaired) electrons. The summed E-state index contributed by atoms with van der Waals surface area (Å²) in [7, 11) is 1.34. The lowest BCUT2D eigenvalue weighted by molar-refractivity contribution is 0.168. The van der Waals surface area contributed by atoms with Gasteiger partial charge < -0.3 is 26.0 Å². The summed E-state index contributed by atoms with van der Waals surface area (Å²) >= 11 is 1.64. The maximum absolute atomic E-state index is 12.7. The average Bonchev–Trinajstić information content (AvgIpc) is 3.40. The number of alkyl carbamates (subject to hydrolysis) is 1. The summed E-state index contributed by atoms with van der Waals surface area (Å²) in [6.07, 6.45) is 1.26. The molecule has 4 rings (SSSR count). The maximum Gasteiger partial charge on any atom is 0.407 e. The second-order valence-electron chi connectivity index (χ2n) is 10.8. The first-order chi connectivity index (χ1) is 19.5. The molecule has 0 aliphatic rings. The Morgan fingerprint density at radius 2 is 1.71 bits per heavy atom. The number of nitrogens with zero attached hydrogens (tertiary/aromatic N) is 2. The fourth-order valence-corrected chi connectivity index (χ4v) is 5.09. The van der Waals surface area contributed by atoms with Crippen LogP contribution in [0.25, 0.3) is 21.7 Å². The van der Waals surface area contributed by atoms with Gasteiger partial charge in [-0.25, -0.2) is 19.6 Å². The smallest absolute Gasteiger partial charge is 0.407 e. The van der Waals surface area contributed by atoms with Gasteiger partial charge in [0.25, 0.3) is 0 Å². The molecular formula is C31H36N6O3S. The molecule has 0 fully saturated rings. The van der Waals surface area contributed by atoms with Crippen molar-refractivity contribution in [3.05, 3.63) is 77.4 Å². The van der Waals surface area contributed by atoms with Crippen LogP contribution in [0.5, 0.6) is 0 Å². The van der Waals surface area contributed by atoms with Gasteiger partial charge in [0.05, 0.1) is 22.7 Å². The van der Waals surface area contributed by atoms with Gasteiger partial charge in [-0.05, 0) is 55.8 Å². The van der Waals surface area contributed by atoms with Gasteiger partial charge in [-0.2, -0.15) is 0 Å². The molecule has 9 nitrogen and oxygen atoms in total. The van der Waals surface area contributed by atoms with Crippen LogP contribution >= 0.6 is 11.3 Å². The van der Waals surface area contributed by atoms with Crippen LogP contribution in [0, 0.1) is 6.92 Å². The van der Waals surface area contributed by atoms with Crippen molar-refractivity contribution in [3.63, 3.8) is 0 Å². The quantitative estimate of drug-likeness (QED) is 0.176. The average molecular weight is 573 g/mol. The third-order valence-corrected chi connectivity index (χ3v) is 7.66. The van der Waals surface area contributed by atoms with Gasteiger partial charge in [-0.1, -0.05) is 50.6 Å². The SMILES string of the molecule is COC(=O)NC(C)CNc1cc(-c2nc(C(C)(C)C)sc2-c2cccc(NC(=O)Nc3ccc(C)cc3)c2)ccn1. The number of benzene rings is 2. The predicted molar refractivity (Wildman–Crippen MR) is 167 cm³/mol. The van der Waals surface area contributed by atoms with Gasteiger partial charge in [0, 0.05) is 41.1 Å². The number of hydrogen-bond donors (Lipinski definition) is 4. The molecule has 2 aromatic heterocycles. The molecule has 10 heteroatoms. The first kappa shape index (κ1) is 29.5. The summed E-state index contributed by atoms with van der Waals surface area (Å²) in [4.78, 5) is 34.7. The minimum absolute atomic E-state index is 0.148. The van der Waals surface area contributed by atoms with E-state index in [9.17, 15) is 9.59 Å². The van der Waals surface area contributed by atoms with E-state index < -0.39 is 6.09 Å². The molecule has 0 aliphatic heterocycles. The molecule has 4 aromatic rings. The number of carbonyl (C=O) groups excluding carboxylic acids is 2. The number of methoxy groups -OCH3 is 1. The Hall–Kier alpha value is -4.44. The Morgan fingerprint density at radius 1 is 0.976 bits per heavy atom. The van der Waals surface area contributed by atoms with Crippen molar-refractivity contribution in [1.29, 1.82) is 0 Å². The van der Waals surface area contributed by atoms with Gasteiger partial charge in [0.15, 0.2) is 0 Å². The molecule has 2 heterocycles. The topological polar surface area (TPSA) is 117 Å². The summed E-state index contributed by atoms with van der Waals surface area (Å²) in [5, 5.41) is 12.8. The van der Waals surface area contributed by atoms with Crippen molar-refractivity contribution >= 4 is 40.7 Å². The van der Waals surface area contributed by atoms with Crippen LogP contribution in [0.4, 0.5) is 26.8 Å². The standard InChI is InChI=1S/C31H36N6O3S/c1-19-10-12-23(13-11-19)35-29(38)36-24-9-7-8-22(16-24)27-26(37-28(41-27)31(3,4)5)21-14-15-32-25(17-21)33-18-20(2)34-30(39)40-6/h7-17,20H,18H2,1-6H3,(H,32,33)(H,34,39)(H2,35,36,38). The van der Waals surface area contributed by atoms with Crippen molar-refractivity contribution in [3.8, 4) is 21.7 Å². The highest BCUT2D eigenvalue weighted by Gasteiger charge is 2.24. The van der Waals surface area contributed by atoms with E-state index in [0.717, 1.165) is 38.0 Å². The third-order valence-electron chi connectivity index (χ3n) is 6.13. The number of urea groups is 1. The van der Waals surface area contributed by atoms with Crippen molar-refractivity contribution in [2.45, 2.75) is 46.1 Å². The number of thiazole rings is 1. The molecule has 214 valence electrons. The van der Waals surface area contributed by atoms with Crippen LogP contribution in [0.2, 0.25) is 0 Å². The van der Waals surface area contributed by atoms with Crippen LogP contribution in [0.1, 0.15) is 38.3 Å². The molecule has 3 amide bonds. The van der Waals surface area contributed by atoms with Crippen molar-refractivity contribution < 1.29 is 14.3 Å². The van der Waals surface area contributed by atoms with Gasteiger partial charge in [-0.15, -0.1) is 11.3 Å². The molecule has 4 N–H and O–H groups in total. The predicted octanol–water partition coefficient (Wildman–Crippen LogP) is 7.28. The lowest BCUT2D eigenvalue weighted by atomic mass is 9.98. The molecule has 0 aliphatic carbocycles. The van der Waals surface area contributed by atoms with E-state index >= 15 is 0 Å². The monoisotopic (exact) mass is 572 g/mol. The van der Waals surface area contributed by atoms with E-state index in [1.165, 1.54) is 7.11 Å². The van der Waals surface area contributed by atoms with E-state index in [2.05, 4.69) is 51.8 Å². The number of nitrogens with one attached hydrogen (secondary N) is 4. The molecule has 2 aromatic carbocycles. The van der Waals surface area contributed by atoms with Crippen LogP contribution in [0.3, 0.4) is 0 Å². The molecule has 41 heavy (non-hydrogen) atoms. The van der Waals surface area contributed by atoms with Gasteiger partial charge >= 0.3 is 12.1 Å². The first-order valence-corrected chi connectivity index (χ1v) is 14.1. The second-order valence-corrected chi connectivity index (χ2v) is 11.8. The number of aryl methyl sites for hydroxylation is 1. The van der Waals surface area contributed by atoms with Gasteiger partial charge in [0.1, 0.15) is 5.82 Å². The van der Waals surface area contributed by atoms with Crippen LogP contribution in [-0.4, -0.2) is 41.8 Å². The summed E-state index contributed by atoms with van der Waals surface area (Å²) in [6.45, 7) is 10.8. The largest absolute Gasteiger partial charge is 0.453 e. The van der Waals surface area contributed by atoms with Crippen molar-refractivity contribution in [1.82, 2.24) is 15.3 Å². The van der Waals surface area contributed by atoms with E-state index in [1.807, 2.05) is 74.5 Å². The maximum atomic E-state index is 12.7. The van der Waals surface area contributed by atoms with Crippen molar-refractivity contribution in [2.75, 3.05) is 29.6 Å². The van der Waals surface area contributed by atoms with Crippen LogP contribution in [0.15, 0.2) is 66.9 Å². The second kappa shape index (κ2) is 12.8. The number of ether oxygens (including phenoxy) is 1. The summed E-state index contributed by atoms with van der Waals surface area (Å²) in [5.41, 5.74) is 5.07. The summed E-state index contributed by atoms with van der Waals surface area (Å²) < 4.78 is 4.67. The number of carbonyl (C=O) groups is 2. The summed E-state index contributed by atoms with van der Waals surface area (Å²) in [6, 6.07) is 18.8. The third kappa shape index (κ3) is 8.04. The van der Waals surface area contributed by atoms with E-state index in [4.69, 9.17) is 4.98 Å². The Kier molecular flexibility index (Phi) is 9.24. The number of anilines is 3. The number of rotatable bonds is 8. The highest BCUT2D eigenvalue weighted by molar-refractivity contribution is 7.15. The zero-order valence-corrected chi connectivity index (χ0v) is 25.0. The van der Waals surface area contributed by atoms with Gasteiger partial charge in [0.2, 0.25) is 0 Å². The molecule has 1 unspecified atom stereocenters. The number of aromatic nitrogens is 2. The lowest BCUT2D eigenvalue weighted by Crippen LogP contribution is -2.37. The van der Waals surface area contributed by atoms with E-state index in [1.54, 1.807) is 17.5 Å². The number of pyridine rings is 1. The molecule has 0 saturated heterocycles. The zero-order chi connectivity index (χ0) is 29.6. The van der Waals surface area contributed by atoms with Crippen LogP contribution in [-0.2, 0) is 10.2 Å². The number of amides is 3.